The van der Waals surface area contributed by atoms with E-state index in [9.17, 15) is 0 Å². The third-order valence-corrected chi connectivity index (χ3v) is 2.86. The molecule has 0 unspecified atom stereocenters. The highest BCUT2D eigenvalue weighted by molar-refractivity contribution is 5.40. The van der Waals surface area contributed by atoms with Crippen molar-refractivity contribution in [2.75, 3.05) is 26.2 Å². The van der Waals surface area contributed by atoms with Gasteiger partial charge in [-0.15, -0.1) is 0 Å². The zero-order chi connectivity index (χ0) is 12.8. The fraction of sp³-hybridized carbons (Fsp3) is 0.500. The van der Waals surface area contributed by atoms with Gasteiger partial charge in [-0.25, -0.2) is 0 Å². The number of nitrogens with zero attached hydrogens (tertiary/aromatic N) is 2. The van der Waals surface area contributed by atoms with Crippen molar-refractivity contribution in [2.24, 2.45) is 0 Å². The summed E-state index contributed by atoms with van der Waals surface area (Å²) in [4.78, 5) is 2.10. The van der Waals surface area contributed by atoms with Crippen LogP contribution in [0.15, 0.2) is 24.3 Å². The molecular formula is C14H18N2O2. The van der Waals surface area contributed by atoms with Gasteiger partial charge < -0.3 is 9.47 Å². The number of ether oxygens (including phenoxy) is 2. The van der Waals surface area contributed by atoms with Gasteiger partial charge >= 0.3 is 0 Å². The van der Waals surface area contributed by atoms with Gasteiger partial charge in [0, 0.05) is 6.54 Å². The van der Waals surface area contributed by atoms with Crippen LogP contribution < -0.4 is 9.47 Å². The number of para-hydroxylation sites is 2. The van der Waals surface area contributed by atoms with Crippen LogP contribution in [-0.2, 0) is 0 Å². The van der Waals surface area contributed by atoms with E-state index in [4.69, 9.17) is 14.7 Å². The van der Waals surface area contributed by atoms with Gasteiger partial charge in [-0.3, -0.25) is 4.90 Å². The molecule has 0 aromatic heterocycles. The summed E-state index contributed by atoms with van der Waals surface area (Å²) in [6.07, 6.45) is 1.03. The van der Waals surface area contributed by atoms with Crippen molar-refractivity contribution in [1.29, 1.82) is 5.26 Å². The van der Waals surface area contributed by atoms with E-state index in [1.54, 1.807) is 0 Å². The zero-order valence-corrected chi connectivity index (χ0v) is 10.6. The summed E-state index contributed by atoms with van der Waals surface area (Å²) < 4.78 is 11.5. The second-order valence-electron chi connectivity index (χ2n) is 4.39. The molecule has 0 saturated carbocycles. The quantitative estimate of drug-likeness (QED) is 0.746. The third-order valence-electron chi connectivity index (χ3n) is 2.86. The molecule has 4 nitrogen and oxygen atoms in total. The molecule has 4 heteroatoms. The number of benzene rings is 1. The summed E-state index contributed by atoms with van der Waals surface area (Å²) in [5.74, 6) is 1.60. The van der Waals surface area contributed by atoms with Crippen LogP contribution >= 0.6 is 0 Å². The number of hydrogen-bond donors (Lipinski definition) is 0. The van der Waals surface area contributed by atoms with Crippen LogP contribution in [-0.4, -0.2) is 37.2 Å². The normalized spacial score (nSPS) is 17.5. The largest absolute Gasteiger partial charge is 0.486 e. The second-order valence-corrected chi connectivity index (χ2v) is 4.39. The van der Waals surface area contributed by atoms with E-state index in [-0.39, 0.29) is 6.10 Å². The molecule has 0 saturated heterocycles. The first-order valence-corrected chi connectivity index (χ1v) is 6.31. The number of fused-ring (bicyclic) bond motifs is 1. The Kier molecular flexibility index (Phi) is 4.43. The van der Waals surface area contributed by atoms with Crippen LogP contribution in [0, 0.1) is 11.3 Å². The Morgan fingerprint density at radius 1 is 1.39 bits per heavy atom. The molecule has 0 bridgehead atoms. The molecule has 1 aliphatic heterocycles. The molecule has 0 radical (unpaired) electrons. The summed E-state index contributed by atoms with van der Waals surface area (Å²) in [5.41, 5.74) is 0. The average molecular weight is 246 g/mol. The SMILES string of the molecule is CCCN(CC#N)C[C@@H]1COc2ccccc2O1. The highest BCUT2D eigenvalue weighted by Gasteiger charge is 2.22. The number of rotatable bonds is 5. The Morgan fingerprint density at radius 3 is 2.89 bits per heavy atom. The molecule has 0 amide bonds. The van der Waals surface area contributed by atoms with Crippen molar-refractivity contribution in [3.8, 4) is 17.6 Å². The summed E-state index contributed by atoms with van der Waals surface area (Å²) in [6, 6.07) is 9.88. The molecule has 18 heavy (non-hydrogen) atoms. The van der Waals surface area contributed by atoms with Gasteiger partial charge in [-0.05, 0) is 25.1 Å². The molecular weight excluding hydrogens is 228 g/mol. The summed E-state index contributed by atoms with van der Waals surface area (Å²) in [6.45, 7) is 4.74. The molecule has 96 valence electrons. The summed E-state index contributed by atoms with van der Waals surface area (Å²) >= 11 is 0. The predicted octanol–water partition coefficient (Wildman–Crippen LogP) is 2.06. The van der Waals surface area contributed by atoms with Crippen LogP contribution in [0.2, 0.25) is 0 Å². The van der Waals surface area contributed by atoms with Gasteiger partial charge in [-0.2, -0.15) is 5.26 Å². The van der Waals surface area contributed by atoms with Gasteiger partial charge in [0.25, 0.3) is 0 Å². The smallest absolute Gasteiger partial charge is 0.161 e. The molecule has 0 N–H and O–H groups in total. The first kappa shape index (κ1) is 12.7. The Bertz CT molecular complexity index is 428. The van der Waals surface area contributed by atoms with E-state index in [0.717, 1.165) is 31.0 Å². The lowest BCUT2D eigenvalue weighted by Crippen LogP contribution is -2.41. The minimum atomic E-state index is -0.000185. The van der Waals surface area contributed by atoms with Crippen molar-refractivity contribution in [2.45, 2.75) is 19.4 Å². The van der Waals surface area contributed by atoms with Gasteiger partial charge in [0.15, 0.2) is 11.5 Å². The molecule has 0 aliphatic carbocycles. The number of hydrogen-bond acceptors (Lipinski definition) is 4. The fourth-order valence-electron chi connectivity index (χ4n) is 2.09. The molecule has 1 aromatic carbocycles. The Hall–Kier alpha value is -1.73. The molecule has 1 aliphatic rings. The van der Waals surface area contributed by atoms with Crippen LogP contribution in [0.4, 0.5) is 0 Å². The Morgan fingerprint density at radius 2 is 2.17 bits per heavy atom. The third kappa shape index (κ3) is 3.14. The van der Waals surface area contributed by atoms with E-state index in [1.165, 1.54) is 0 Å². The topological polar surface area (TPSA) is 45.5 Å². The van der Waals surface area contributed by atoms with Crippen LogP contribution in [0.5, 0.6) is 11.5 Å². The monoisotopic (exact) mass is 246 g/mol. The first-order valence-electron chi connectivity index (χ1n) is 6.31. The Labute approximate surface area is 108 Å². The molecule has 1 atom stereocenters. The standard InChI is InChI=1S/C14H18N2O2/c1-2-8-16(9-7-15)10-12-11-17-13-5-3-4-6-14(13)18-12/h3-6,12H,2,8-11H2,1H3/t12-/m1/s1. The first-order chi connectivity index (χ1) is 8.83. The minimum Gasteiger partial charge on any atom is -0.486 e. The van der Waals surface area contributed by atoms with Crippen molar-refractivity contribution in [1.82, 2.24) is 4.90 Å². The highest BCUT2D eigenvalue weighted by Crippen LogP contribution is 2.30. The zero-order valence-electron chi connectivity index (χ0n) is 10.6. The van der Waals surface area contributed by atoms with E-state index in [0.29, 0.717) is 13.2 Å². The van der Waals surface area contributed by atoms with Crippen LogP contribution in [0.1, 0.15) is 13.3 Å². The van der Waals surface area contributed by atoms with Gasteiger partial charge in [-0.1, -0.05) is 19.1 Å². The van der Waals surface area contributed by atoms with E-state index >= 15 is 0 Å². The van der Waals surface area contributed by atoms with Crippen molar-refractivity contribution < 1.29 is 9.47 Å². The molecule has 0 fully saturated rings. The number of nitriles is 1. The van der Waals surface area contributed by atoms with Crippen molar-refractivity contribution in [3.05, 3.63) is 24.3 Å². The van der Waals surface area contributed by atoms with Gasteiger partial charge in [0.1, 0.15) is 12.7 Å². The van der Waals surface area contributed by atoms with E-state index in [2.05, 4.69) is 17.9 Å². The Balaban J connectivity index is 1.94. The van der Waals surface area contributed by atoms with Crippen LogP contribution in [0.3, 0.4) is 0 Å². The highest BCUT2D eigenvalue weighted by atomic mass is 16.6. The van der Waals surface area contributed by atoms with Crippen LogP contribution in [0.25, 0.3) is 0 Å². The fourth-order valence-corrected chi connectivity index (χ4v) is 2.09. The van der Waals surface area contributed by atoms with Gasteiger partial charge in [0.05, 0.1) is 12.6 Å². The summed E-state index contributed by atoms with van der Waals surface area (Å²) in [5, 5.41) is 8.79. The predicted molar refractivity (Wildman–Crippen MR) is 68.7 cm³/mol. The van der Waals surface area contributed by atoms with Crippen molar-refractivity contribution in [3.63, 3.8) is 0 Å². The maximum Gasteiger partial charge on any atom is 0.161 e. The molecule has 0 spiro atoms. The summed E-state index contributed by atoms with van der Waals surface area (Å²) in [7, 11) is 0. The van der Waals surface area contributed by atoms with Gasteiger partial charge in [0.2, 0.25) is 0 Å². The lowest BCUT2D eigenvalue weighted by atomic mass is 10.2. The molecule has 2 rings (SSSR count). The lowest BCUT2D eigenvalue weighted by Gasteiger charge is -2.30. The lowest BCUT2D eigenvalue weighted by molar-refractivity contribution is 0.0622. The maximum absolute atomic E-state index is 8.79. The average Bonchev–Trinajstić information content (AvgIpc) is 2.39. The van der Waals surface area contributed by atoms with Crippen molar-refractivity contribution >= 4 is 0 Å². The minimum absolute atomic E-state index is 0.000185. The second kappa shape index (κ2) is 6.27. The maximum atomic E-state index is 8.79. The molecule has 1 heterocycles. The van der Waals surface area contributed by atoms with E-state index < -0.39 is 0 Å². The van der Waals surface area contributed by atoms with E-state index in [1.807, 2.05) is 24.3 Å². The molecule has 1 aromatic rings.